The summed E-state index contributed by atoms with van der Waals surface area (Å²) in [6, 6.07) is 11.5. The molecule has 0 fully saturated rings. The van der Waals surface area contributed by atoms with E-state index in [1.165, 1.54) is 6.20 Å². The number of nitrogens with two attached hydrogens (primary N) is 1. The molecule has 2 aromatic rings. The van der Waals surface area contributed by atoms with Crippen LogP contribution in [0.5, 0.6) is 0 Å². The molecule has 104 valence electrons. The van der Waals surface area contributed by atoms with Gasteiger partial charge in [-0.15, -0.1) is 0 Å². The van der Waals surface area contributed by atoms with E-state index in [1.54, 1.807) is 12.3 Å². The van der Waals surface area contributed by atoms with E-state index in [4.69, 9.17) is 5.73 Å². The smallest absolute Gasteiger partial charge is 0.252 e. The quantitative estimate of drug-likeness (QED) is 0.883. The number of pyridine rings is 1. The van der Waals surface area contributed by atoms with Crippen LogP contribution in [0.3, 0.4) is 0 Å². The minimum absolute atomic E-state index is 0.0721. The minimum atomic E-state index is -0.140. The van der Waals surface area contributed by atoms with Crippen LogP contribution in [-0.4, -0.2) is 17.4 Å². The highest BCUT2D eigenvalue weighted by Crippen LogP contribution is 2.13. The normalized spacial score (nSPS) is 11.9. The van der Waals surface area contributed by atoms with Crippen molar-refractivity contribution < 1.29 is 4.79 Å². The lowest BCUT2D eigenvalue weighted by Crippen LogP contribution is -2.27. The third-order valence-electron chi connectivity index (χ3n) is 2.94. The molecule has 1 unspecified atom stereocenters. The average Bonchev–Trinajstić information content (AvgIpc) is 2.48. The van der Waals surface area contributed by atoms with Crippen LogP contribution in [0.1, 0.15) is 28.4 Å². The summed E-state index contributed by atoms with van der Waals surface area (Å²) in [4.78, 5) is 15.9. The van der Waals surface area contributed by atoms with E-state index in [2.05, 4.69) is 26.2 Å². The molecule has 1 heterocycles. The second-order valence-corrected chi connectivity index (χ2v) is 5.37. The van der Waals surface area contributed by atoms with Gasteiger partial charge < -0.3 is 11.1 Å². The van der Waals surface area contributed by atoms with Gasteiger partial charge in [-0.1, -0.05) is 30.3 Å². The molecule has 5 heteroatoms. The van der Waals surface area contributed by atoms with Gasteiger partial charge in [-0.3, -0.25) is 9.78 Å². The Morgan fingerprint density at radius 2 is 2.05 bits per heavy atom. The van der Waals surface area contributed by atoms with Crippen LogP contribution < -0.4 is 11.1 Å². The van der Waals surface area contributed by atoms with Crippen molar-refractivity contribution in [3.05, 3.63) is 64.4 Å². The Labute approximate surface area is 126 Å². The molecule has 0 aliphatic carbocycles. The van der Waals surface area contributed by atoms with E-state index in [-0.39, 0.29) is 11.9 Å². The number of carbonyl (C=O) groups excluding carboxylic acids is 1. The predicted octanol–water partition coefficient (Wildman–Crippen LogP) is 2.66. The molecule has 1 aromatic heterocycles. The van der Waals surface area contributed by atoms with Gasteiger partial charge >= 0.3 is 0 Å². The van der Waals surface area contributed by atoms with Crippen molar-refractivity contribution in [2.45, 2.75) is 12.5 Å². The number of carbonyl (C=O) groups is 1. The van der Waals surface area contributed by atoms with Gasteiger partial charge in [0.2, 0.25) is 0 Å². The van der Waals surface area contributed by atoms with Crippen LogP contribution in [0.15, 0.2) is 53.3 Å². The molecule has 0 spiro atoms. The Kier molecular flexibility index (Phi) is 5.26. The lowest BCUT2D eigenvalue weighted by molar-refractivity contribution is 0.0952. The number of aromatic nitrogens is 1. The summed E-state index contributed by atoms with van der Waals surface area (Å²) in [5.41, 5.74) is 7.68. The van der Waals surface area contributed by atoms with Gasteiger partial charge in [-0.25, -0.2) is 0 Å². The Morgan fingerprint density at radius 3 is 2.75 bits per heavy atom. The molecule has 0 aliphatic heterocycles. The van der Waals surface area contributed by atoms with Crippen molar-refractivity contribution in [3.63, 3.8) is 0 Å². The Balaban J connectivity index is 1.83. The lowest BCUT2D eigenvalue weighted by Gasteiger charge is -2.12. The molecule has 4 nitrogen and oxygen atoms in total. The molecule has 0 saturated carbocycles. The minimum Gasteiger partial charge on any atom is -0.352 e. The number of rotatable bonds is 5. The molecule has 0 radical (unpaired) electrons. The summed E-state index contributed by atoms with van der Waals surface area (Å²) in [5.74, 6) is -0.140. The molecule has 2 rings (SSSR count). The molecule has 0 saturated heterocycles. The fraction of sp³-hybridized carbons (Fsp3) is 0.200. The summed E-state index contributed by atoms with van der Waals surface area (Å²) < 4.78 is 0.783. The average molecular weight is 334 g/mol. The molecule has 1 amide bonds. The van der Waals surface area contributed by atoms with Crippen molar-refractivity contribution in [2.75, 3.05) is 6.54 Å². The van der Waals surface area contributed by atoms with Crippen molar-refractivity contribution in [1.82, 2.24) is 10.3 Å². The first kappa shape index (κ1) is 14.7. The highest BCUT2D eigenvalue weighted by atomic mass is 79.9. The van der Waals surface area contributed by atoms with Crippen molar-refractivity contribution in [1.29, 1.82) is 0 Å². The zero-order valence-electron chi connectivity index (χ0n) is 10.9. The molecule has 0 aliphatic rings. The number of halogens is 1. The Bertz CT molecular complexity index is 574. The molecule has 20 heavy (non-hydrogen) atoms. The maximum Gasteiger partial charge on any atom is 0.252 e. The maximum atomic E-state index is 11.9. The number of hydrogen-bond donors (Lipinski definition) is 2. The van der Waals surface area contributed by atoms with E-state index in [1.807, 2.05) is 30.3 Å². The van der Waals surface area contributed by atoms with E-state index in [0.717, 1.165) is 10.0 Å². The second-order valence-electron chi connectivity index (χ2n) is 4.45. The fourth-order valence-electron chi connectivity index (χ4n) is 1.85. The van der Waals surface area contributed by atoms with Crippen LogP contribution in [0.2, 0.25) is 0 Å². The summed E-state index contributed by atoms with van der Waals surface area (Å²) in [6.45, 7) is 0.529. The number of nitrogens with one attached hydrogen (secondary N) is 1. The van der Waals surface area contributed by atoms with Crippen LogP contribution in [-0.2, 0) is 0 Å². The summed E-state index contributed by atoms with van der Waals surface area (Å²) in [7, 11) is 0. The zero-order valence-corrected chi connectivity index (χ0v) is 12.5. The topological polar surface area (TPSA) is 68.0 Å². The summed E-state index contributed by atoms with van der Waals surface area (Å²) in [6.07, 6.45) is 3.87. The van der Waals surface area contributed by atoms with Crippen molar-refractivity contribution >= 4 is 21.8 Å². The maximum absolute atomic E-state index is 11.9. The number of benzene rings is 1. The standard InChI is InChI=1S/C15H16BrN3O/c16-13-8-12(9-18-10-13)15(20)19-7-6-14(17)11-4-2-1-3-5-11/h1-5,8-10,14H,6-7,17H2,(H,19,20). The first-order valence-electron chi connectivity index (χ1n) is 6.36. The molecule has 1 atom stereocenters. The van der Waals surface area contributed by atoms with Crippen LogP contribution in [0.25, 0.3) is 0 Å². The molecule has 3 N–H and O–H groups in total. The van der Waals surface area contributed by atoms with Gasteiger partial charge in [-0.05, 0) is 34.0 Å². The first-order chi connectivity index (χ1) is 9.66. The van der Waals surface area contributed by atoms with Gasteiger partial charge in [0.05, 0.1) is 5.56 Å². The van der Waals surface area contributed by atoms with Gasteiger partial charge in [0, 0.05) is 29.5 Å². The highest BCUT2D eigenvalue weighted by molar-refractivity contribution is 9.10. The van der Waals surface area contributed by atoms with E-state index in [0.29, 0.717) is 18.5 Å². The van der Waals surface area contributed by atoms with Crippen LogP contribution >= 0.6 is 15.9 Å². The van der Waals surface area contributed by atoms with Gasteiger partial charge in [0.25, 0.3) is 5.91 Å². The number of amides is 1. The Hall–Kier alpha value is -1.72. The van der Waals surface area contributed by atoms with E-state index < -0.39 is 0 Å². The second kappa shape index (κ2) is 7.17. The highest BCUT2D eigenvalue weighted by Gasteiger charge is 2.08. The molecule has 1 aromatic carbocycles. The largest absolute Gasteiger partial charge is 0.352 e. The van der Waals surface area contributed by atoms with Gasteiger partial charge in [-0.2, -0.15) is 0 Å². The Morgan fingerprint density at radius 1 is 1.30 bits per heavy atom. The molecule has 0 bridgehead atoms. The van der Waals surface area contributed by atoms with E-state index in [9.17, 15) is 4.79 Å². The van der Waals surface area contributed by atoms with Gasteiger partial charge in [0.1, 0.15) is 0 Å². The fourth-order valence-corrected chi connectivity index (χ4v) is 2.21. The number of nitrogens with zero attached hydrogens (tertiary/aromatic N) is 1. The summed E-state index contributed by atoms with van der Waals surface area (Å²) in [5, 5.41) is 2.85. The first-order valence-corrected chi connectivity index (χ1v) is 7.15. The third kappa shape index (κ3) is 4.15. The van der Waals surface area contributed by atoms with E-state index >= 15 is 0 Å². The van der Waals surface area contributed by atoms with Crippen molar-refractivity contribution in [2.24, 2.45) is 5.73 Å². The lowest BCUT2D eigenvalue weighted by atomic mass is 10.1. The predicted molar refractivity (Wildman–Crippen MR) is 82.3 cm³/mol. The zero-order chi connectivity index (χ0) is 14.4. The van der Waals surface area contributed by atoms with Crippen molar-refractivity contribution in [3.8, 4) is 0 Å². The monoisotopic (exact) mass is 333 g/mol. The SMILES string of the molecule is NC(CCNC(=O)c1cncc(Br)c1)c1ccccc1. The van der Waals surface area contributed by atoms with Crippen LogP contribution in [0.4, 0.5) is 0 Å². The van der Waals surface area contributed by atoms with Gasteiger partial charge in [0.15, 0.2) is 0 Å². The molecular weight excluding hydrogens is 318 g/mol. The molecular formula is C15H16BrN3O. The summed E-state index contributed by atoms with van der Waals surface area (Å²) >= 11 is 3.29. The third-order valence-corrected chi connectivity index (χ3v) is 3.37. The number of hydrogen-bond acceptors (Lipinski definition) is 3. The van der Waals surface area contributed by atoms with Crippen LogP contribution in [0, 0.1) is 0 Å².